The lowest BCUT2D eigenvalue weighted by molar-refractivity contribution is -0.128. The molecule has 0 atom stereocenters. The highest BCUT2D eigenvalue weighted by molar-refractivity contribution is 5.89. The van der Waals surface area contributed by atoms with E-state index in [0.717, 1.165) is 24.1 Å². The first-order valence-electron chi connectivity index (χ1n) is 9.24. The highest BCUT2D eigenvalue weighted by Crippen LogP contribution is 2.19. The second-order valence-corrected chi connectivity index (χ2v) is 6.74. The summed E-state index contributed by atoms with van der Waals surface area (Å²) in [4.78, 5) is 25.8. The topological polar surface area (TPSA) is 72.6 Å². The van der Waals surface area contributed by atoms with Crippen LogP contribution in [-0.4, -0.2) is 28.5 Å². The first-order chi connectivity index (χ1) is 13.7. The molecule has 28 heavy (non-hydrogen) atoms. The number of nitrogens with zero attached hydrogens (tertiary/aromatic N) is 2. The van der Waals surface area contributed by atoms with Gasteiger partial charge in [-0.1, -0.05) is 47.6 Å². The Hall–Kier alpha value is -3.41. The summed E-state index contributed by atoms with van der Waals surface area (Å²) >= 11 is 0. The number of amides is 1. The smallest absolute Gasteiger partial charge is 0.338 e. The van der Waals surface area contributed by atoms with Crippen molar-refractivity contribution in [2.75, 3.05) is 6.54 Å². The average Bonchev–Trinajstić information content (AvgIpc) is 3.37. The number of rotatable bonds is 6. The minimum atomic E-state index is -0.429. The maximum atomic E-state index is 12.3. The van der Waals surface area contributed by atoms with Gasteiger partial charge in [-0.2, -0.15) is 0 Å². The molecular formula is C22H20N2O4. The van der Waals surface area contributed by atoms with Crippen LogP contribution in [0, 0.1) is 0 Å². The van der Waals surface area contributed by atoms with Gasteiger partial charge in [-0.25, -0.2) is 4.79 Å². The molecule has 4 rings (SSSR count). The van der Waals surface area contributed by atoms with Crippen LogP contribution in [0.4, 0.5) is 0 Å². The van der Waals surface area contributed by atoms with E-state index in [4.69, 9.17) is 9.26 Å². The number of hydrogen-bond donors (Lipinski definition) is 0. The number of benzene rings is 2. The Balaban J connectivity index is 1.32. The van der Waals surface area contributed by atoms with Gasteiger partial charge in [0.1, 0.15) is 5.69 Å². The lowest BCUT2D eigenvalue weighted by Crippen LogP contribution is -2.23. The molecule has 1 aliphatic rings. The predicted molar refractivity (Wildman–Crippen MR) is 102 cm³/mol. The normalized spacial score (nSPS) is 13.7. The third kappa shape index (κ3) is 4.11. The van der Waals surface area contributed by atoms with E-state index in [-0.39, 0.29) is 12.5 Å². The second-order valence-electron chi connectivity index (χ2n) is 6.74. The summed E-state index contributed by atoms with van der Waals surface area (Å²) in [7, 11) is 0. The monoisotopic (exact) mass is 376 g/mol. The summed E-state index contributed by atoms with van der Waals surface area (Å²) < 4.78 is 10.6. The largest absolute Gasteiger partial charge is 0.454 e. The molecule has 6 nitrogen and oxygen atoms in total. The summed E-state index contributed by atoms with van der Waals surface area (Å²) in [5.74, 6) is 0.239. The van der Waals surface area contributed by atoms with Crippen LogP contribution < -0.4 is 0 Å². The molecule has 6 heteroatoms. The Bertz CT molecular complexity index is 964. The summed E-state index contributed by atoms with van der Waals surface area (Å²) in [5.41, 5.74) is 3.09. The minimum absolute atomic E-state index is 0.0166. The number of ether oxygens (including phenoxy) is 1. The van der Waals surface area contributed by atoms with Gasteiger partial charge in [0.15, 0.2) is 12.4 Å². The Morgan fingerprint density at radius 1 is 1.11 bits per heavy atom. The Morgan fingerprint density at radius 2 is 1.89 bits per heavy atom. The van der Waals surface area contributed by atoms with Gasteiger partial charge < -0.3 is 14.2 Å². The van der Waals surface area contributed by atoms with Gasteiger partial charge in [-0.05, 0) is 24.1 Å². The van der Waals surface area contributed by atoms with Gasteiger partial charge in [0.25, 0.3) is 0 Å². The van der Waals surface area contributed by atoms with Crippen molar-refractivity contribution < 1.29 is 18.8 Å². The fourth-order valence-electron chi connectivity index (χ4n) is 3.18. The molecule has 1 fully saturated rings. The molecule has 2 aromatic carbocycles. The van der Waals surface area contributed by atoms with Crippen molar-refractivity contribution in [3.8, 4) is 11.3 Å². The molecule has 0 spiro atoms. The number of hydrogen-bond acceptors (Lipinski definition) is 5. The second kappa shape index (κ2) is 8.08. The standard InChI is InChI=1S/C22H20N2O4/c25-21-7-4-12-24(21)14-16-8-10-18(11-9-16)22(26)27-15-19-13-20(23-28-19)17-5-2-1-3-6-17/h1-3,5-6,8-11,13H,4,7,12,14-15H2. The zero-order valence-corrected chi connectivity index (χ0v) is 15.3. The van der Waals surface area contributed by atoms with Gasteiger partial charge in [0, 0.05) is 31.1 Å². The fraction of sp³-hybridized carbons (Fsp3) is 0.227. The van der Waals surface area contributed by atoms with E-state index in [1.54, 1.807) is 18.2 Å². The van der Waals surface area contributed by atoms with Crippen LogP contribution in [0.1, 0.15) is 34.5 Å². The molecule has 0 aliphatic carbocycles. The molecule has 1 amide bonds. The molecule has 142 valence electrons. The Kier molecular flexibility index (Phi) is 5.19. The molecule has 0 saturated carbocycles. The SMILES string of the molecule is O=C(OCc1cc(-c2ccccc2)no1)c1ccc(CN2CCCC2=O)cc1. The van der Waals surface area contributed by atoms with Crippen LogP contribution in [0.3, 0.4) is 0 Å². The molecular weight excluding hydrogens is 356 g/mol. The van der Waals surface area contributed by atoms with E-state index in [9.17, 15) is 9.59 Å². The fourth-order valence-corrected chi connectivity index (χ4v) is 3.18. The average molecular weight is 376 g/mol. The minimum Gasteiger partial charge on any atom is -0.454 e. The van der Waals surface area contributed by atoms with Crippen molar-refractivity contribution in [1.29, 1.82) is 0 Å². The molecule has 2 heterocycles. The molecule has 0 unspecified atom stereocenters. The number of esters is 1. The third-order valence-electron chi connectivity index (χ3n) is 4.71. The van der Waals surface area contributed by atoms with E-state index in [0.29, 0.717) is 30.0 Å². The molecule has 0 bridgehead atoms. The van der Waals surface area contributed by atoms with Gasteiger partial charge in [-0.3, -0.25) is 4.79 Å². The van der Waals surface area contributed by atoms with Crippen molar-refractivity contribution in [3.05, 3.63) is 77.6 Å². The van der Waals surface area contributed by atoms with Crippen molar-refractivity contribution in [2.24, 2.45) is 0 Å². The molecule has 1 aromatic heterocycles. The van der Waals surface area contributed by atoms with E-state index in [1.807, 2.05) is 47.4 Å². The van der Waals surface area contributed by atoms with Crippen LogP contribution >= 0.6 is 0 Å². The highest BCUT2D eigenvalue weighted by Gasteiger charge is 2.20. The van der Waals surface area contributed by atoms with Crippen LogP contribution in [0.5, 0.6) is 0 Å². The van der Waals surface area contributed by atoms with Gasteiger partial charge in [-0.15, -0.1) is 0 Å². The molecule has 3 aromatic rings. The number of aromatic nitrogens is 1. The van der Waals surface area contributed by atoms with Crippen LogP contribution in [0.2, 0.25) is 0 Å². The number of carbonyl (C=O) groups is 2. The number of carbonyl (C=O) groups excluding carboxylic acids is 2. The molecule has 0 N–H and O–H groups in total. The van der Waals surface area contributed by atoms with Crippen LogP contribution in [-0.2, 0) is 22.7 Å². The van der Waals surface area contributed by atoms with Crippen molar-refractivity contribution in [2.45, 2.75) is 26.0 Å². The van der Waals surface area contributed by atoms with E-state index >= 15 is 0 Å². The van der Waals surface area contributed by atoms with Crippen molar-refractivity contribution in [3.63, 3.8) is 0 Å². The zero-order chi connectivity index (χ0) is 19.3. The predicted octanol–water partition coefficient (Wildman–Crippen LogP) is 3.82. The first kappa shape index (κ1) is 18.0. The van der Waals surface area contributed by atoms with Crippen molar-refractivity contribution >= 4 is 11.9 Å². The van der Waals surface area contributed by atoms with Crippen LogP contribution in [0.15, 0.2) is 65.2 Å². The van der Waals surface area contributed by atoms with E-state index < -0.39 is 5.97 Å². The van der Waals surface area contributed by atoms with Crippen molar-refractivity contribution in [1.82, 2.24) is 10.1 Å². The van der Waals surface area contributed by atoms with E-state index in [1.165, 1.54) is 0 Å². The van der Waals surface area contributed by atoms with Gasteiger partial charge in [0.05, 0.1) is 5.56 Å². The quantitative estimate of drug-likeness (QED) is 0.612. The summed E-state index contributed by atoms with van der Waals surface area (Å²) in [6.45, 7) is 1.39. The van der Waals surface area contributed by atoms with Gasteiger partial charge >= 0.3 is 5.97 Å². The summed E-state index contributed by atoms with van der Waals surface area (Å²) in [5, 5.41) is 4.01. The molecule has 1 aliphatic heterocycles. The lowest BCUT2D eigenvalue weighted by atomic mass is 10.1. The first-order valence-corrected chi connectivity index (χ1v) is 9.24. The molecule has 1 saturated heterocycles. The maximum absolute atomic E-state index is 12.3. The summed E-state index contributed by atoms with van der Waals surface area (Å²) in [6, 6.07) is 18.5. The summed E-state index contributed by atoms with van der Waals surface area (Å²) in [6.07, 6.45) is 1.54. The third-order valence-corrected chi connectivity index (χ3v) is 4.71. The lowest BCUT2D eigenvalue weighted by Gasteiger charge is -2.15. The Labute approximate surface area is 162 Å². The zero-order valence-electron chi connectivity index (χ0n) is 15.3. The van der Waals surface area contributed by atoms with Gasteiger partial charge in [0.2, 0.25) is 5.91 Å². The molecule has 0 radical (unpaired) electrons. The number of likely N-dealkylation sites (tertiary alicyclic amines) is 1. The maximum Gasteiger partial charge on any atom is 0.338 e. The van der Waals surface area contributed by atoms with Crippen LogP contribution in [0.25, 0.3) is 11.3 Å². The highest BCUT2D eigenvalue weighted by atomic mass is 16.5. The van der Waals surface area contributed by atoms with E-state index in [2.05, 4.69) is 5.16 Å². The Morgan fingerprint density at radius 3 is 2.61 bits per heavy atom.